The van der Waals surface area contributed by atoms with Crippen molar-refractivity contribution >= 4 is 11.9 Å². The van der Waals surface area contributed by atoms with Gasteiger partial charge in [0, 0.05) is 20.1 Å². The molecule has 0 saturated carbocycles. The lowest BCUT2D eigenvalue weighted by molar-refractivity contribution is -0.145. The van der Waals surface area contributed by atoms with Gasteiger partial charge in [-0.25, -0.2) is 0 Å². The third kappa shape index (κ3) is 9.27. The Hall–Kier alpha value is -1.92. The molecule has 134 valence electrons. The molecule has 1 N–H and O–H groups in total. The van der Waals surface area contributed by atoms with E-state index in [1.807, 2.05) is 30.3 Å². The van der Waals surface area contributed by atoms with Crippen LogP contribution in [-0.4, -0.2) is 44.8 Å². The van der Waals surface area contributed by atoms with E-state index >= 15 is 0 Å². The zero-order chi connectivity index (χ0) is 17.6. The van der Waals surface area contributed by atoms with Gasteiger partial charge in [0.05, 0.1) is 13.2 Å². The molecule has 0 fully saturated rings. The summed E-state index contributed by atoms with van der Waals surface area (Å²) in [6.07, 6.45) is 1.24. The molecule has 0 bridgehead atoms. The maximum absolute atomic E-state index is 11.7. The molecular weight excluding hydrogens is 310 g/mol. The van der Waals surface area contributed by atoms with E-state index in [9.17, 15) is 9.59 Å². The predicted octanol–water partition coefficient (Wildman–Crippen LogP) is 2.07. The van der Waals surface area contributed by atoms with Crippen molar-refractivity contribution in [3.05, 3.63) is 35.9 Å². The van der Waals surface area contributed by atoms with Gasteiger partial charge in [-0.3, -0.25) is 9.59 Å². The second-order valence-electron chi connectivity index (χ2n) is 5.40. The van der Waals surface area contributed by atoms with Crippen molar-refractivity contribution < 1.29 is 23.8 Å². The van der Waals surface area contributed by atoms with Crippen LogP contribution >= 0.6 is 0 Å². The predicted molar refractivity (Wildman–Crippen MR) is 90.4 cm³/mol. The maximum Gasteiger partial charge on any atom is 0.306 e. The van der Waals surface area contributed by atoms with Crippen molar-refractivity contribution in [1.29, 1.82) is 0 Å². The minimum atomic E-state index is -0.504. The zero-order valence-electron chi connectivity index (χ0n) is 14.5. The molecule has 1 rings (SSSR count). The molecule has 6 nitrogen and oxygen atoms in total. The first-order valence-electron chi connectivity index (χ1n) is 8.21. The number of amides is 1. The Bertz CT molecular complexity index is 478. The Morgan fingerprint density at radius 2 is 1.88 bits per heavy atom. The number of esters is 1. The van der Waals surface area contributed by atoms with E-state index in [1.54, 1.807) is 14.0 Å². The molecule has 6 heteroatoms. The fourth-order valence-electron chi connectivity index (χ4n) is 1.94. The molecule has 0 aliphatic carbocycles. The smallest absolute Gasteiger partial charge is 0.306 e. The van der Waals surface area contributed by atoms with Crippen molar-refractivity contribution in [2.24, 2.45) is 0 Å². The number of carbonyl (C=O) groups is 2. The van der Waals surface area contributed by atoms with Crippen LogP contribution in [0.4, 0.5) is 0 Å². The lowest BCUT2D eigenvalue weighted by Crippen LogP contribution is -2.35. The summed E-state index contributed by atoms with van der Waals surface area (Å²) in [5.41, 5.74) is 0.973. The molecule has 0 aromatic heterocycles. The largest absolute Gasteiger partial charge is 0.461 e. The van der Waals surface area contributed by atoms with Crippen LogP contribution < -0.4 is 5.32 Å². The standard InChI is InChI=1S/C18H27NO5/c1-15(23-13-12-22-2)18(21)19-11-7-6-10-17(20)24-14-16-8-4-3-5-9-16/h3-5,8-9,15H,6-7,10-14H2,1-2H3,(H,19,21)/t15-/m1/s1. The molecule has 1 atom stereocenters. The number of rotatable bonds is 12. The van der Waals surface area contributed by atoms with E-state index < -0.39 is 6.10 Å². The van der Waals surface area contributed by atoms with Crippen molar-refractivity contribution in [2.75, 3.05) is 26.9 Å². The summed E-state index contributed by atoms with van der Waals surface area (Å²) in [5, 5.41) is 2.78. The second-order valence-corrected chi connectivity index (χ2v) is 5.40. The molecule has 0 aliphatic heterocycles. The fraction of sp³-hybridized carbons (Fsp3) is 0.556. The van der Waals surface area contributed by atoms with Crippen LogP contribution in [0.15, 0.2) is 30.3 Å². The molecule has 1 aromatic rings. The minimum absolute atomic E-state index is 0.155. The van der Waals surface area contributed by atoms with E-state index in [-0.39, 0.29) is 11.9 Å². The first-order chi connectivity index (χ1) is 11.6. The Morgan fingerprint density at radius 1 is 1.12 bits per heavy atom. The molecule has 24 heavy (non-hydrogen) atoms. The third-order valence-electron chi connectivity index (χ3n) is 3.37. The summed E-state index contributed by atoms with van der Waals surface area (Å²) in [6.45, 7) is 3.36. The third-order valence-corrected chi connectivity index (χ3v) is 3.37. The van der Waals surface area contributed by atoms with Crippen LogP contribution in [0, 0.1) is 0 Å². The Kier molecular flexibility index (Phi) is 10.5. The van der Waals surface area contributed by atoms with Gasteiger partial charge in [0.2, 0.25) is 5.91 Å². The van der Waals surface area contributed by atoms with Crippen LogP contribution in [0.3, 0.4) is 0 Å². The van der Waals surface area contributed by atoms with Crippen LogP contribution in [-0.2, 0) is 30.4 Å². The lowest BCUT2D eigenvalue weighted by Gasteiger charge is -2.13. The second kappa shape index (κ2) is 12.5. The quantitative estimate of drug-likeness (QED) is 0.467. The van der Waals surface area contributed by atoms with Gasteiger partial charge in [-0.1, -0.05) is 30.3 Å². The molecule has 0 spiro atoms. The normalized spacial score (nSPS) is 11.8. The summed E-state index contributed by atoms with van der Waals surface area (Å²) in [6, 6.07) is 9.57. The van der Waals surface area contributed by atoms with Crippen molar-refractivity contribution in [2.45, 2.75) is 38.9 Å². The maximum atomic E-state index is 11.7. The van der Waals surface area contributed by atoms with E-state index in [1.165, 1.54) is 0 Å². The molecule has 0 aliphatic rings. The van der Waals surface area contributed by atoms with Gasteiger partial charge in [0.15, 0.2) is 0 Å². The SMILES string of the molecule is COCCO[C@H](C)C(=O)NCCCCC(=O)OCc1ccccc1. The summed E-state index contributed by atoms with van der Waals surface area (Å²) in [5.74, 6) is -0.376. The van der Waals surface area contributed by atoms with E-state index in [0.29, 0.717) is 39.2 Å². The summed E-state index contributed by atoms with van der Waals surface area (Å²) in [4.78, 5) is 23.4. The minimum Gasteiger partial charge on any atom is -0.461 e. The fourth-order valence-corrected chi connectivity index (χ4v) is 1.94. The van der Waals surface area contributed by atoms with Crippen molar-refractivity contribution in [3.8, 4) is 0 Å². The number of methoxy groups -OCH3 is 1. The summed E-state index contributed by atoms with van der Waals surface area (Å²) >= 11 is 0. The summed E-state index contributed by atoms with van der Waals surface area (Å²) in [7, 11) is 1.58. The Balaban J connectivity index is 2.02. The van der Waals surface area contributed by atoms with Crippen LogP contribution in [0.2, 0.25) is 0 Å². The number of carbonyl (C=O) groups excluding carboxylic acids is 2. The van der Waals surface area contributed by atoms with E-state index in [4.69, 9.17) is 14.2 Å². The Labute approximate surface area is 143 Å². The number of hydrogen-bond acceptors (Lipinski definition) is 5. The van der Waals surface area contributed by atoms with Gasteiger partial charge >= 0.3 is 5.97 Å². The number of hydrogen-bond donors (Lipinski definition) is 1. The number of unbranched alkanes of at least 4 members (excludes halogenated alkanes) is 1. The summed E-state index contributed by atoms with van der Waals surface area (Å²) < 4.78 is 15.3. The van der Waals surface area contributed by atoms with Gasteiger partial charge in [-0.15, -0.1) is 0 Å². The number of benzene rings is 1. The van der Waals surface area contributed by atoms with Crippen molar-refractivity contribution in [1.82, 2.24) is 5.32 Å². The van der Waals surface area contributed by atoms with E-state index in [0.717, 1.165) is 12.0 Å². The molecule has 0 unspecified atom stereocenters. The highest BCUT2D eigenvalue weighted by atomic mass is 16.5. The van der Waals surface area contributed by atoms with Crippen LogP contribution in [0.1, 0.15) is 31.7 Å². The molecule has 0 saturated heterocycles. The lowest BCUT2D eigenvalue weighted by atomic mass is 10.2. The van der Waals surface area contributed by atoms with Crippen LogP contribution in [0.25, 0.3) is 0 Å². The highest BCUT2D eigenvalue weighted by Gasteiger charge is 2.12. The monoisotopic (exact) mass is 337 g/mol. The van der Waals surface area contributed by atoms with Gasteiger partial charge < -0.3 is 19.5 Å². The number of ether oxygens (including phenoxy) is 3. The first-order valence-corrected chi connectivity index (χ1v) is 8.21. The average molecular weight is 337 g/mol. The Morgan fingerprint density at radius 3 is 2.58 bits per heavy atom. The molecule has 0 radical (unpaired) electrons. The van der Waals surface area contributed by atoms with Crippen molar-refractivity contribution in [3.63, 3.8) is 0 Å². The molecule has 1 aromatic carbocycles. The number of nitrogens with one attached hydrogen (secondary N) is 1. The van der Waals surface area contributed by atoms with Gasteiger partial charge in [0.1, 0.15) is 12.7 Å². The highest BCUT2D eigenvalue weighted by Crippen LogP contribution is 2.03. The zero-order valence-corrected chi connectivity index (χ0v) is 14.5. The molecule has 0 heterocycles. The van der Waals surface area contributed by atoms with Gasteiger partial charge in [-0.05, 0) is 25.3 Å². The highest BCUT2D eigenvalue weighted by molar-refractivity contribution is 5.80. The molecule has 1 amide bonds. The average Bonchev–Trinajstić information content (AvgIpc) is 2.60. The van der Waals surface area contributed by atoms with Crippen LogP contribution in [0.5, 0.6) is 0 Å². The molecular formula is C18H27NO5. The van der Waals surface area contributed by atoms with Gasteiger partial charge in [-0.2, -0.15) is 0 Å². The first kappa shape index (κ1) is 20.1. The van der Waals surface area contributed by atoms with E-state index in [2.05, 4.69) is 5.32 Å². The topological polar surface area (TPSA) is 73.9 Å². The van der Waals surface area contributed by atoms with Gasteiger partial charge in [0.25, 0.3) is 0 Å².